The van der Waals surface area contributed by atoms with Crippen LogP contribution in [0.2, 0.25) is 0 Å². The van der Waals surface area contributed by atoms with Gasteiger partial charge in [-0.3, -0.25) is 9.36 Å². The molecule has 2 aromatic carbocycles. The van der Waals surface area contributed by atoms with Crippen molar-refractivity contribution in [3.05, 3.63) is 93.5 Å². The molecule has 1 aliphatic carbocycles. The van der Waals surface area contributed by atoms with E-state index in [1.54, 1.807) is 6.20 Å². The Morgan fingerprint density at radius 2 is 1.85 bits per heavy atom. The van der Waals surface area contributed by atoms with Crippen molar-refractivity contribution < 1.29 is 14.6 Å². The molecular formula is C31H32N4O4. The Kier molecular flexibility index (Phi) is 7.89. The number of hydrogen-bond donors (Lipinski definition) is 1. The molecule has 200 valence electrons. The normalized spacial score (nSPS) is 17.2. The van der Waals surface area contributed by atoms with E-state index in [-0.39, 0.29) is 24.3 Å². The van der Waals surface area contributed by atoms with Gasteiger partial charge in [0.2, 0.25) is 0 Å². The number of benzene rings is 2. The predicted octanol–water partition coefficient (Wildman–Crippen LogP) is 5.16. The summed E-state index contributed by atoms with van der Waals surface area (Å²) >= 11 is 0. The van der Waals surface area contributed by atoms with Crippen LogP contribution in [0.1, 0.15) is 67.5 Å². The Balaban J connectivity index is 1.47. The number of ether oxygens (including phenoxy) is 1. The van der Waals surface area contributed by atoms with Gasteiger partial charge in [0.05, 0.1) is 29.6 Å². The fraction of sp³-hybridized carbons (Fsp3) is 0.355. The second-order valence-corrected chi connectivity index (χ2v) is 10.1. The predicted molar refractivity (Wildman–Crippen MR) is 148 cm³/mol. The molecule has 0 saturated heterocycles. The number of fused-ring (bicyclic) bond motifs is 1. The van der Waals surface area contributed by atoms with Crippen molar-refractivity contribution in [2.75, 3.05) is 6.61 Å². The fourth-order valence-corrected chi connectivity index (χ4v) is 5.71. The molecular weight excluding hydrogens is 492 g/mol. The summed E-state index contributed by atoms with van der Waals surface area (Å²) in [6.45, 7) is 1.81. The molecule has 0 spiro atoms. The molecule has 0 bridgehead atoms. The first kappa shape index (κ1) is 26.4. The van der Waals surface area contributed by atoms with Crippen LogP contribution in [0.15, 0.2) is 65.6 Å². The summed E-state index contributed by atoms with van der Waals surface area (Å²) in [5, 5.41) is 23.0. The monoisotopic (exact) mass is 524 g/mol. The second kappa shape index (κ2) is 11.7. The van der Waals surface area contributed by atoms with Crippen molar-refractivity contribution in [1.29, 1.82) is 5.26 Å². The maximum absolute atomic E-state index is 14.1. The summed E-state index contributed by atoms with van der Waals surface area (Å²) in [6.07, 6.45) is 6.67. The van der Waals surface area contributed by atoms with Crippen LogP contribution in [0.25, 0.3) is 16.8 Å². The van der Waals surface area contributed by atoms with Crippen molar-refractivity contribution in [3.63, 3.8) is 0 Å². The molecule has 0 atom stereocenters. The highest BCUT2D eigenvalue weighted by atomic mass is 16.5. The Bertz CT molecular complexity index is 1570. The summed E-state index contributed by atoms with van der Waals surface area (Å²) in [5.41, 5.74) is 6.01. The zero-order valence-corrected chi connectivity index (χ0v) is 22.0. The van der Waals surface area contributed by atoms with Crippen LogP contribution in [0, 0.1) is 11.3 Å². The van der Waals surface area contributed by atoms with Crippen molar-refractivity contribution in [2.24, 2.45) is 0 Å². The van der Waals surface area contributed by atoms with E-state index in [9.17, 15) is 14.9 Å². The van der Waals surface area contributed by atoms with Gasteiger partial charge < -0.3 is 9.84 Å². The molecule has 8 nitrogen and oxygen atoms in total. The van der Waals surface area contributed by atoms with Gasteiger partial charge in [0.25, 0.3) is 5.56 Å². The van der Waals surface area contributed by atoms with Gasteiger partial charge in [0.15, 0.2) is 0 Å². The molecule has 4 aromatic rings. The minimum Gasteiger partial charge on any atom is -0.480 e. The minimum absolute atomic E-state index is 0.000615. The van der Waals surface area contributed by atoms with Gasteiger partial charge in [-0.1, -0.05) is 55.8 Å². The van der Waals surface area contributed by atoms with Crippen LogP contribution in [-0.2, 0) is 22.4 Å². The molecule has 8 heteroatoms. The minimum atomic E-state index is -0.965. The third kappa shape index (κ3) is 5.50. The molecule has 0 radical (unpaired) electrons. The highest BCUT2D eigenvalue weighted by Gasteiger charge is 2.28. The maximum Gasteiger partial charge on any atom is 0.329 e. The average molecular weight is 525 g/mol. The standard InChI is InChI=1S/C31H32N4O4/c1-2-5-28-27(18-21-8-10-22(11-9-21)26-7-4-3-6-23(26)19-32)31(38)34(29-16-17-33-35(28)29)24-12-14-25(15-13-24)39-20-30(36)37/h3-4,6-11,16-17,24-25H,2,5,12-15,18,20H2,1H3,(H,36,37)/t24-,25-. The highest BCUT2D eigenvalue weighted by Crippen LogP contribution is 2.31. The van der Waals surface area contributed by atoms with Crippen molar-refractivity contribution in [1.82, 2.24) is 14.2 Å². The molecule has 2 heterocycles. The van der Waals surface area contributed by atoms with E-state index >= 15 is 0 Å². The van der Waals surface area contributed by atoms with Gasteiger partial charge in [-0.2, -0.15) is 10.4 Å². The number of carboxylic acids is 1. The number of carboxylic acid groups (broad SMARTS) is 1. The molecule has 5 rings (SSSR count). The molecule has 0 unspecified atom stereocenters. The fourth-order valence-electron chi connectivity index (χ4n) is 5.71. The van der Waals surface area contributed by atoms with Gasteiger partial charge >= 0.3 is 5.97 Å². The van der Waals surface area contributed by atoms with E-state index in [1.165, 1.54) is 0 Å². The number of aromatic nitrogens is 3. The summed E-state index contributed by atoms with van der Waals surface area (Å²) in [4.78, 5) is 25.0. The van der Waals surface area contributed by atoms with Crippen LogP contribution in [0.5, 0.6) is 0 Å². The highest BCUT2D eigenvalue weighted by molar-refractivity contribution is 5.70. The smallest absolute Gasteiger partial charge is 0.329 e. The molecule has 1 saturated carbocycles. The van der Waals surface area contributed by atoms with E-state index < -0.39 is 5.97 Å². The quantitative estimate of drug-likeness (QED) is 0.324. The third-order valence-electron chi connectivity index (χ3n) is 7.58. The van der Waals surface area contributed by atoms with Crippen LogP contribution >= 0.6 is 0 Å². The topological polar surface area (TPSA) is 110 Å². The van der Waals surface area contributed by atoms with Crippen LogP contribution < -0.4 is 5.56 Å². The number of hydrogen-bond acceptors (Lipinski definition) is 5. The zero-order chi connectivity index (χ0) is 27.4. The van der Waals surface area contributed by atoms with Crippen molar-refractivity contribution in [3.8, 4) is 17.2 Å². The Hall–Kier alpha value is -4.22. The average Bonchev–Trinajstić information content (AvgIpc) is 3.44. The van der Waals surface area contributed by atoms with E-state index in [0.717, 1.165) is 59.3 Å². The van der Waals surface area contributed by atoms with Gasteiger partial charge in [0.1, 0.15) is 12.3 Å². The molecule has 1 fully saturated rings. The Labute approximate surface area is 227 Å². The Morgan fingerprint density at radius 3 is 2.54 bits per heavy atom. The van der Waals surface area contributed by atoms with Crippen LogP contribution in [0.3, 0.4) is 0 Å². The largest absolute Gasteiger partial charge is 0.480 e. The maximum atomic E-state index is 14.1. The first-order chi connectivity index (χ1) is 19.0. The summed E-state index contributed by atoms with van der Waals surface area (Å²) in [7, 11) is 0. The number of nitriles is 1. The molecule has 2 aromatic heterocycles. The van der Waals surface area contributed by atoms with Crippen LogP contribution in [0.4, 0.5) is 0 Å². The van der Waals surface area contributed by atoms with E-state index in [4.69, 9.17) is 9.84 Å². The molecule has 39 heavy (non-hydrogen) atoms. The zero-order valence-electron chi connectivity index (χ0n) is 22.0. The number of aliphatic carboxylic acids is 1. The van der Waals surface area contributed by atoms with Crippen LogP contribution in [-0.4, -0.2) is 38.0 Å². The lowest BCUT2D eigenvalue weighted by Gasteiger charge is -2.30. The SMILES string of the molecule is CCCc1c(Cc2ccc(-c3ccccc3C#N)cc2)c(=O)n([C@H]2CC[C@H](OCC(=O)O)CC2)c2ccnn12. The number of nitrogens with zero attached hydrogens (tertiary/aromatic N) is 4. The summed E-state index contributed by atoms with van der Waals surface area (Å²) in [5.74, 6) is -0.965. The lowest BCUT2D eigenvalue weighted by Crippen LogP contribution is -2.35. The first-order valence-corrected chi connectivity index (χ1v) is 13.5. The van der Waals surface area contributed by atoms with E-state index in [2.05, 4.69) is 18.1 Å². The van der Waals surface area contributed by atoms with Gasteiger partial charge in [-0.25, -0.2) is 9.31 Å². The summed E-state index contributed by atoms with van der Waals surface area (Å²) in [6, 6.07) is 19.8. The van der Waals surface area contributed by atoms with Gasteiger partial charge in [0, 0.05) is 24.1 Å². The van der Waals surface area contributed by atoms with E-state index in [1.807, 2.05) is 63.7 Å². The van der Waals surface area contributed by atoms with Crippen molar-refractivity contribution >= 4 is 11.6 Å². The van der Waals surface area contributed by atoms with Crippen molar-refractivity contribution in [2.45, 2.75) is 64.0 Å². The first-order valence-electron chi connectivity index (χ1n) is 13.5. The third-order valence-corrected chi connectivity index (χ3v) is 7.58. The number of rotatable bonds is 9. The Morgan fingerprint density at radius 1 is 1.10 bits per heavy atom. The molecule has 0 aliphatic heterocycles. The molecule has 1 N–H and O–H groups in total. The van der Waals surface area contributed by atoms with Gasteiger partial charge in [-0.05, 0) is 54.9 Å². The number of aryl methyl sites for hydroxylation is 1. The second-order valence-electron chi connectivity index (χ2n) is 10.1. The lowest BCUT2D eigenvalue weighted by molar-refractivity contribution is -0.145. The lowest BCUT2D eigenvalue weighted by atomic mass is 9.92. The molecule has 1 aliphatic rings. The summed E-state index contributed by atoms with van der Waals surface area (Å²) < 4.78 is 9.34. The van der Waals surface area contributed by atoms with Gasteiger partial charge in [-0.15, -0.1) is 0 Å². The molecule has 0 amide bonds. The number of carbonyl (C=O) groups is 1. The van der Waals surface area contributed by atoms with E-state index in [0.29, 0.717) is 24.8 Å².